The Morgan fingerprint density at radius 1 is 1.30 bits per heavy atom. The maximum absolute atomic E-state index is 4.70. The summed E-state index contributed by atoms with van der Waals surface area (Å²) >= 11 is 2.04. The number of halogens is 1. The van der Waals surface area contributed by atoms with E-state index < -0.39 is 0 Å². The van der Waals surface area contributed by atoms with Crippen LogP contribution in [0.2, 0.25) is 0 Å². The molecule has 2 saturated heterocycles. The van der Waals surface area contributed by atoms with Crippen molar-refractivity contribution >= 4 is 47.5 Å². The molecule has 0 unspecified atom stereocenters. The predicted molar refractivity (Wildman–Crippen MR) is 129 cm³/mol. The molecule has 1 N–H and O–H groups in total. The molecule has 7 heteroatoms. The van der Waals surface area contributed by atoms with Crippen molar-refractivity contribution in [1.29, 1.82) is 0 Å². The Labute approximate surface area is 185 Å². The number of hydrogen-bond acceptors (Lipinski definition) is 4. The van der Waals surface area contributed by atoms with E-state index in [1.165, 1.54) is 18.4 Å². The number of pyridine rings is 1. The summed E-state index contributed by atoms with van der Waals surface area (Å²) in [6, 6.07) is 4.35. The van der Waals surface area contributed by atoms with Gasteiger partial charge in [0.2, 0.25) is 0 Å². The number of thioether (sulfide) groups is 1. The minimum absolute atomic E-state index is 0. The van der Waals surface area contributed by atoms with E-state index in [-0.39, 0.29) is 28.7 Å². The Balaban J connectivity index is 0.00000261. The van der Waals surface area contributed by atoms with Crippen molar-refractivity contribution in [3.8, 4) is 0 Å². The van der Waals surface area contributed by atoms with Crippen LogP contribution in [0.3, 0.4) is 0 Å². The number of piperidine rings is 1. The fourth-order valence-corrected chi connectivity index (χ4v) is 4.77. The molecule has 1 aromatic rings. The van der Waals surface area contributed by atoms with Crippen LogP contribution in [0.4, 0.5) is 5.82 Å². The maximum Gasteiger partial charge on any atom is 0.193 e. The summed E-state index contributed by atoms with van der Waals surface area (Å²) < 4.78 is 0.283. The molecule has 3 rings (SSSR count). The lowest BCUT2D eigenvalue weighted by molar-refractivity contribution is 0.375. The monoisotopic (exact) mass is 503 g/mol. The van der Waals surface area contributed by atoms with Crippen LogP contribution < -0.4 is 10.2 Å². The van der Waals surface area contributed by atoms with Gasteiger partial charge in [-0.05, 0) is 44.2 Å². The number of nitrogens with zero attached hydrogens (tertiary/aromatic N) is 4. The minimum atomic E-state index is 0. The van der Waals surface area contributed by atoms with E-state index in [0.29, 0.717) is 0 Å². The normalized spacial score (nSPS) is 21.0. The van der Waals surface area contributed by atoms with E-state index in [4.69, 9.17) is 4.98 Å². The minimum Gasteiger partial charge on any atom is -0.357 e. The van der Waals surface area contributed by atoms with Gasteiger partial charge in [-0.3, -0.25) is 4.99 Å². The van der Waals surface area contributed by atoms with Crippen molar-refractivity contribution in [2.45, 2.75) is 44.9 Å². The van der Waals surface area contributed by atoms with E-state index in [0.717, 1.165) is 56.2 Å². The summed E-state index contributed by atoms with van der Waals surface area (Å²) in [7, 11) is 1.87. The Hall–Kier alpha value is -0.700. The van der Waals surface area contributed by atoms with Crippen LogP contribution in [0.5, 0.6) is 0 Å². The van der Waals surface area contributed by atoms with Gasteiger partial charge in [0.15, 0.2) is 5.96 Å². The third-order valence-electron chi connectivity index (χ3n) is 5.30. The average Bonchev–Trinajstić information content (AvgIpc) is 2.63. The molecule has 0 aromatic carbocycles. The zero-order valence-corrected chi connectivity index (χ0v) is 20.2. The van der Waals surface area contributed by atoms with Gasteiger partial charge in [0.25, 0.3) is 0 Å². The second-order valence-corrected chi connectivity index (χ2v) is 9.93. The molecule has 152 valence electrons. The number of hydrogen-bond donors (Lipinski definition) is 1. The fourth-order valence-electron chi connectivity index (χ4n) is 3.66. The van der Waals surface area contributed by atoms with Crippen molar-refractivity contribution < 1.29 is 0 Å². The van der Waals surface area contributed by atoms with Crippen LogP contribution in [0.15, 0.2) is 23.3 Å². The molecule has 0 aliphatic carbocycles. The van der Waals surface area contributed by atoms with Gasteiger partial charge < -0.3 is 15.1 Å². The van der Waals surface area contributed by atoms with Crippen LogP contribution in [0.25, 0.3) is 0 Å². The van der Waals surface area contributed by atoms with Gasteiger partial charge in [0.05, 0.1) is 0 Å². The Morgan fingerprint density at radius 3 is 2.63 bits per heavy atom. The van der Waals surface area contributed by atoms with E-state index in [1.54, 1.807) is 0 Å². The smallest absolute Gasteiger partial charge is 0.193 e. The molecule has 0 amide bonds. The molecule has 0 saturated carbocycles. The molecular formula is C20H34IN5S. The molecule has 2 fully saturated rings. The van der Waals surface area contributed by atoms with Gasteiger partial charge in [0, 0.05) is 56.5 Å². The Bertz CT molecular complexity index is 611. The van der Waals surface area contributed by atoms with Gasteiger partial charge in [-0.2, -0.15) is 11.8 Å². The van der Waals surface area contributed by atoms with Crippen molar-refractivity contribution in [1.82, 2.24) is 15.2 Å². The first-order valence-electron chi connectivity index (χ1n) is 9.76. The molecule has 5 nitrogen and oxygen atoms in total. The molecule has 1 aromatic heterocycles. The van der Waals surface area contributed by atoms with Crippen molar-refractivity contribution in [3.63, 3.8) is 0 Å². The van der Waals surface area contributed by atoms with E-state index in [2.05, 4.69) is 53.0 Å². The van der Waals surface area contributed by atoms with E-state index in [9.17, 15) is 0 Å². The van der Waals surface area contributed by atoms with Crippen molar-refractivity contribution in [2.24, 2.45) is 10.9 Å². The third kappa shape index (κ3) is 6.41. The molecule has 2 aliphatic heterocycles. The second kappa shape index (κ2) is 10.2. The average molecular weight is 503 g/mol. The molecule has 0 atom stereocenters. The molecular weight excluding hydrogens is 469 g/mol. The lowest BCUT2D eigenvalue weighted by atomic mass is 9.99. The van der Waals surface area contributed by atoms with Crippen LogP contribution in [0, 0.1) is 5.92 Å². The Kier molecular flexibility index (Phi) is 8.52. The first-order chi connectivity index (χ1) is 12.5. The summed E-state index contributed by atoms with van der Waals surface area (Å²) in [6.07, 6.45) is 4.54. The summed E-state index contributed by atoms with van der Waals surface area (Å²) in [6.45, 7) is 12.1. The highest BCUT2D eigenvalue weighted by atomic mass is 127. The second-order valence-electron chi connectivity index (χ2n) is 8.12. The van der Waals surface area contributed by atoms with Crippen molar-refractivity contribution in [2.75, 3.05) is 43.9 Å². The number of nitrogens with one attached hydrogen (secondary N) is 1. The SMILES string of the molecule is CN=C(NCc1ccc(N2CCC(C)CC2)nc1)N1CCSC(C)(C)C1.I. The Morgan fingerprint density at radius 2 is 2.04 bits per heavy atom. The quantitative estimate of drug-likeness (QED) is 0.386. The number of guanidine groups is 1. The summed E-state index contributed by atoms with van der Waals surface area (Å²) in [5.41, 5.74) is 1.20. The highest BCUT2D eigenvalue weighted by Gasteiger charge is 2.28. The van der Waals surface area contributed by atoms with Gasteiger partial charge >= 0.3 is 0 Å². The van der Waals surface area contributed by atoms with Crippen molar-refractivity contribution in [3.05, 3.63) is 23.9 Å². The fraction of sp³-hybridized carbons (Fsp3) is 0.700. The van der Waals surface area contributed by atoms with E-state index in [1.807, 2.05) is 25.0 Å². The van der Waals surface area contributed by atoms with Crippen LogP contribution >= 0.6 is 35.7 Å². The lowest BCUT2D eigenvalue weighted by Gasteiger charge is -2.39. The predicted octanol–water partition coefficient (Wildman–Crippen LogP) is 3.84. The maximum atomic E-state index is 4.70. The molecule has 0 radical (unpaired) electrons. The zero-order valence-electron chi connectivity index (χ0n) is 17.1. The summed E-state index contributed by atoms with van der Waals surface area (Å²) in [5.74, 6) is 4.10. The molecule has 3 heterocycles. The van der Waals surface area contributed by atoms with Gasteiger partial charge in [-0.25, -0.2) is 4.98 Å². The highest BCUT2D eigenvalue weighted by Crippen LogP contribution is 2.29. The first-order valence-corrected chi connectivity index (χ1v) is 10.7. The van der Waals surface area contributed by atoms with Gasteiger partial charge in [-0.1, -0.05) is 13.0 Å². The molecule has 0 bridgehead atoms. The largest absolute Gasteiger partial charge is 0.357 e. The molecule has 0 spiro atoms. The number of rotatable bonds is 3. The van der Waals surface area contributed by atoms with E-state index >= 15 is 0 Å². The number of aliphatic imine (C=N–C) groups is 1. The number of aromatic nitrogens is 1. The van der Waals surface area contributed by atoms with Crippen LogP contribution in [-0.4, -0.2) is 59.6 Å². The molecule has 2 aliphatic rings. The third-order valence-corrected chi connectivity index (χ3v) is 6.60. The highest BCUT2D eigenvalue weighted by molar-refractivity contribution is 14.0. The van der Waals surface area contributed by atoms with Crippen LogP contribution in [-0.2, 0) is 6.54 Å². The van der Waals surface area contributed by atoms with Gasteiger partial charge in [0.1, 0.15) is 5.82 Å². The summed E-state index contributed by atoms with van der Waals surface area (Å²) in [4.78, 5) is 14.0. The lowest BCUT2D eigenvalue weighted by Crippen LogP contribution is -2.50. The molecule has 27 heavy (non-hydrogen) atoms. The topological polar surface area (TPSA) is 43.8 Å². The standard InChI is InChI=1S/C20H33N5S.HI/c1-16-7-9-24(10-8-16)18-6-5-17(13-22-18)14-23-19(21-4)25-11-12-26-20(2,3)15-25;/h5-6,13,16H,7-12,14-15H2,1-4H3,(H,21,23);1H. The number of anilines is 1. The first kappa shape index (κ1) is 22.6. The van der Waals surface area contributed by atoms with Crippen LogP contribution in [0.1, 0.15) is 39.2 Å². The zero-order chi connectivity index (χ0) is 18.6. The van der Waals surface area contributed by atoms with Gasteiger partial charge in [-0.15, -0.1) is 24.0 Å². The summed E-state index contributed by atoms with van der Waals surface area (Å²) in [5, 5.41) is 3.51.